The van der Waals surface area contributed by atoms with Gasteiger partial charge >= 0.3 is 0 Å². The largest absolute Gasteiger partial charge is 0.316 e. The van der Waals surface area contributed by atoms with E-state index < -0.39 is 0 Å². The third-order valence-electron chi connectivity index (χ3n) is 5.96. The van der Waals surface area contributed by atoms with Gasteiger partial charge in [0.05, 0.1) is 5.52 Å². The topological polar surface area (TPSA) is 42.7 Å². The van der Waals surface area contributed by atoms with Crippen molar-refractivity contribution in [3.05, 3.63) is 47.8 Å². The molecule has 0 bridgehead atoms. The number of benzene rings is 1. The van der Waals surface area contributed by atoms with Gasteiger partial charge in [-0.3, -0.25) is 4.98 Å². The Morgan fingerprint density at radius 3 is 2.68 bits per heavy atom. The fourth-order valence-electron chi connectivity index (χ4n) is 4.70. The monoisotopic (exact) mass is 352 g/mol. The minimum atomic E-state index is 0.659. The molecule has 1 aliphatic heterocycles. The Morgan fingerprint density at radius 2 is 1.92 bits per heavy atom. The van der Waals surface area contributed by atoms with E-state index in [0.29, 0.717) is 5.92 Å². The third kappa shape index (κ3) is 2.55. The summed E-state index contributed by atoms with van der Waals surface area (Å²) in [6.07, 6.45) is 4.42. The highest BCUT2D eigenvalue weighted by Gasteiger charge is 2.37. The first-order valence-electron chi connectivity index (χ1n) is 9.01. The average Bonchev–Trinajstić information content (AvgIpc) is 3.28. The van der Waals surface area contributed by atoms with Gasteiger partial charge in [0, 0.05) is 34.6 Å². The molecule has 0 amide bonds. The normalized spacial score (nSPS) is 25.6. The molecule has 3 aromatic rings. The van der Waals surface area contributed by atoms with Gasteiger partial charge in [-0.15, -0.1) is 0 Å². The first-order valence-corrected chi connectivity index (χ1v) is 9.35. The van der Waals surface area contributed by atoms with Gasteiger partial charge in [-0.1, -0.05) is 6.07 Å². The highest BCUT2D eigenvalue weighted by molar-refractivity contribution is 6.19. The molecule has 2 aromatic heterocycles. The zero-order valence-corrected chi connectivity index (χ0v) is 15.0. The van der Waals surface area contributed by atoms with Crippen LogP contribution in [0.25, 0.3) is 22.2 Å². The molecule has 1 aliphatic carbocycles. The Bertz CT molecular complexity index is 936. The van der Waals surface area contributed by atoms with Gasteiger partial charge in [0.25, 0.3) is 0 Å². The number of rotatable bonds is 2. The molecular weight excluding hydrogens is 332 g/mol. The highest BCUT2D eigenvalue weighted by Crippen LogP contribution is 2.45. The van der Waals surface area contributed by atoms with Crippen molar-refractivity contribution in [2.75, 3.05) is 13.1 Å². The van der Waals surface area contributed by atoms with Gasteiger partial charge in [0.1, 0.15) is 5.69 Å². The van der Waals surface area contributed by atoms with Crippen LogP contribution in [0.5, 0.6) is 0 Å². The van der Waals surface area contributed by atoms with Crippen molar-refractivity contribution in [3.8, 4) is 11.3 Å². The summed E-state index contributed by atoms with van der Waals surface area (Å²) in [4.78, 5) is 4.29. The first kappa shape index (κ1) is 15.4. The van der Waals surface area contributed by atoms with Crippen molar-refractivity contribution in [3.63, 3.8) is 0 Å². The van der Waals surface area contributed by atoms with E-state index in [1.807, 2.05) is 19.2 Å². The molecule has 25 heavy (non-hydrogen) atoms. The van der Waals surface area contributed by atoms with Gasteiger partial charge in [0.15, 0.2) is 0 Å². The van der Waals surface area contributed by atoms with Crippen molar-refractivity contribution in [2.45, 2.75) is 25.7 Å². The van der Waals surface area contributed by atoms with Crippen LogP contribution in [-0.2, 0) is 0 Å². The number of hydrogen-bond donors (Lipinski definition) is 1. The lowest BCUT2D eigenvalue weighted by atomic mass is 9.94. The number of nitrogens with zero attached hydrogens (tertiary/aromatic N) is 3. The van der Waals surface area contributed by atoms with Gasteiger partial charge in [-0.05, 0) is 80.4 Å². The minimum absolute atomic E-state index is 0.659. The molecule has 3 atom stereocenters. The molecule has 3 heterocycles. The molecule has 0 radical (unpaired) electrons. The maximum atomic E-state index is 6.34. The van der Waals surface area contributed by atoms with Gasteiger partial charge < -0.3 is 5.32 Å². The highest BCUT2D eigenvalue weighted by atomic mass is 35.5. The maximum absolute atomic E-state index is 6.34. The quantitative estimate of drug-likeness (QED) is 0.754. The minimum Gasteiger partial charge on any atom is -0.316 e. The number of hydrogen-bond acceptors (Lipinski definition) is 3. The summed E-state index contributed by atoms with van der Waals surface area (Å²) in [5, 5.41) is 9.23. The van der Waals surface area contributed by atoms with Gasteiger partial charge in [-0.25, -0.2) is 0 Å². The standard InChI is InChI=1S/C20H21ClN4/c1-12-6-14(4-5-23-12)20-18-9-13(2-3-19(18)25(21)24-20)15-7-16-10-22-11-17(16)8-15/h2-6,9,15-17,22H,7-8,10-11H2,1H3/t15?,16-,17+. The second kappa shape index (κ2) is 5.82. The number of aromatic nitrogens is 3. The molecule has 1 saturated carbocycles. The second-order valence-electron chi connectivity index (χ2n) is 7.52. The Hall–Kier alpha value is -1.91. The summed E-state index contributed by atoms with van der Waals surface area (Å²) >= 11 is 6.34. The van der Waals surface area contributed by atoms with E-state index in [1.54, 1.807) is 0 Å². The SMILES string of the molecule is Cc1cc(-c2nn(Cl)c3ccc(C4C[C@H]5CNC[C@H]5C4)cc23)ccn1. The fraction of sp³-hybridized carbons (Fsp3) is 0.400. The molecule has 1 N–H and O–H groups in total. The van der Waals surface area contributed by atoms with E-state index in [9.17, 15) is 0 Å². The van der Waals surface area contributed by atoms with Gasteiger partial charge in [-0.2, -0.15) is 9.30 Å². The summed E-state index contributed by atoms with van der Waals surface area (Å²) in [5.74, 6) is 2.35. The Labute approximate surface area is 152 Å². The molecule has 4 nitrogen and oxygen atoms in total. The first-order chi connectivity index (χ1) is 12.2. The van der Waals surface area contributed by atoms with Crippen LogP contribution in [0.15, 0.2) is 36.5 Å². The molecule has 2 fully saturated rings. The van der Waals surface area contributed by atoms with Crippen molar-refractivity contribution in [1.29, 1.82) is 0 Å². The van der Waals surface area contributed by atoms with E-state index >= 15 is 0 Å². The Balaban J connectivity index is 1.58. The van der Waals surface area contributed by atoms with E-state index in [-0.39, 0.29) is 0 Å². The Kier molecular flexibility index (Phi) is 3.57. The molecule has 0 spiro atoms. The van der Waals surface area contributed by atoms with Crippen LogP contribution in [0.4, 0.5) is 0 Å². The van der Waals surface area contributed by atoms with Crippen LogP contribution in [-0.4, -0.2) is 27.4 Å². The fourth-order valence-corrected chi connectivity index (χ4v) is 4.92. The van der Waals surface area contributed by atoms with E-state index in [1.165, 1.54) is 35.7 Å². The molecule has 1 aromatic carbocycles. The van der Waals surface area contributed by atoms with Crippen LogP contribution in [0.1, 0.15) is 30.0 Å². The maximum Gasteiger partial charge on any atom is 0.102 e. The van der Waals surface area contributed by atoms with Crippen molar-refractivity contribution >= 4 is 22.7 Å². The lowest BCUT2D eigenvalue weighted by molar-refractivity contribution is 0.494. The Morgan fingerprint density at radius 1 is 1.12 bits per heavy atom. The molecule has 2 aliphatic rings. The van der Waals surface area contributed by atoms with Crippen LogP contribution in [0, 0.1) is 18.8 Å². The number of nitrogens with one attached hydrogen (secondary N) is 1. The number of pyridine rings is 1. The van der Waals surface area contributed by atoms with E-state index in [0.717, 1.165) is 39.7 Å². The third-order valence-corrected chi connectivity index (χ3v) is 6.22. The van der Waals surface area contributed by atoms with E-state index in [2.05, 4.69) is 39.7 Å². The summed E-state index contributed by atoms with van der Waals surface area (Å²) in [5.41, 5.74) is 5.40. The van der Waals surface area contributed by atoms with Crippen molar-refractivity contribution in [1.82, 2.24) is 19.6 Å². The summed E-state index contributed by atoms with van der Waals surface area (Å²) in [6.45, 7) is 4.37. The molecule has 5 heteroatoms. The van der Waals surface area contributed by atoms with Crippen LogP contribution in [0.2, 0.25) is 0 Å². The summed E-state index contributed by atoms with van der Waals surface area (Å²) < 4.78 is 1.47. The predicted octanol–water partition coefficient (Wildman–Crippen LogP) is 4.12. The molecule has 5 rings (SSSR count). The molecule has 1 saturated heterocycles. The molecule has 1 unspecified atom stereocenters. The summed E-state index contributed by atoms with van der Waals surface area (Å²) in [7, 11) is 0. The second-order valence-corrected chi connectivity index (χ2v) is 7.84. The van der Waals surface area contributed by atoms with E-state index in [4.69, 9.17) is 11.8 Å². The predicted molar refractivity (Wildman–Crippen MR) is 101 cm³/mol. The number of halogens is 1. The van der Waals surface area contributed by atoms with Crippen LogP contribution < -0.4 is 5.32 Å². The zero-order chi connectivity index (χ0) is 17.0. The number of fused-ring (bicyclic) bond motifs is 2. The van der Waals surface area contributed by atoms with Crippen molar-refractivity contribution < 1.29 is 0 Å². The lowest BCUT2D eigenvalue weighted by Gasteiger charge is -2.12. The summed E-state index contributed by atoms with van der Waals surface area (Å²) in [6, 6.07) is 10.7. The number of aryl methyl sites for hydroxylation is 1. The van der Waals surface area contributed by atoms with Crippen LogP contribution >= 0.6 is 11.8 Å². The average molecular weight is 353 g/mol. The molecular formula is C20H21ClN4. The zero-order valence-electron chi connectivity index (χ0n) is 14.2. The lowest BCUT2D eigenvalue weighted by Crippen LogP contribution is -2.11. The van der Waals surface area contributed by atoms with Crippen molar-refractivity contribution in [2.24, 2.45) is 11.8 Å². The van der Waals surface area contributed by atoms with Crippen LogP contribution in [0.3, 0.4) is 0 Å². The molecule has 128 valence electrons. The smallest absolute Gasteiger partial charge is 0.102 e. The van der Waals surface area contributed by atoms with Gasteiger partial charge in [0.2, 0.25) is 0 Å².